The van der Waals surface area contributed by atoms with Gasteiger partial charge in [0.05, 0.1) is 10.9 Å². The van der Waals surface area contributed by atoms with Crippen molar-refractivity contribution in [3.63, 3.8) is 0 Å². The molecule has 0 saturated carbocycles. The van der Waals surface area contributed by atoms with Gasteiger partial charge in [-0.05, 0) is 40.8 Å². The zero-order valence-electron chi connectivity index (χ0n) is 15.6. The molecule has 2 aromatic rings. The fourth-order valence-corrected chi connectivity index (χ4v) is 4.02. The highest BCUT2D eigenvalue weighted by atomic mass is 32.2. The van der Waals surface area contributed by atoms with Crippen molar-refractivity contribution in [1.29, 1.82) is 0 Å². The lowest BCUT2D eigenvalue weighted by Crippen LogP contribution is -2.33. The zero-order valence-corrected chi connectivity index (χ0v) is 16.4. The van der Waals surface area contributed by atoms with Gasteiger partial charge in [-0.2, -0.15) is 0 Å². The molecule has 0 bridgehead atoms. The number of rotatable bonds is 4. The molecule has 6 heteroatoms. The van der Waals surface area contributed by atoms with Crippen molar-refractivity contribution < 1.29 is 19.4 Å². The summed E-state index contributed by atoms with van der Waals surface area (Å²) in [6.45, 7) is 6.37. The van der Waals surface area contributed by atoms with Crippen LogP contribution in [0, 0.1) is 0 Å². The smallest absolute Gasteiger partial charge is 0.343 e. The lowest BCUT2D eigenvalue weighted by molar-refractivity contribution is -0.138. The van der Waals surface area contributed by atoms with Gasteiger partial charge in [0, 0.05) is 5.75 Å². The fourth-order valence-electron chi connectivity index (χ4n) is 2.79. The number of carbonyl (C=O) groups excluding carboxylic acids is 1. The monoisotopic (exact) mass is 385 g/mol. The van der Waals surface area contributed by atoms with Crippen LogP contribution in [0.2, 0.25) is 0 Å². The number of nitrogens with one attached hydrogen (secondary N) is 1. The molecule has 0 aliphatic carbocycles. The quantitative estimate of drug-likeness (QED) is 0.612. The second-order valence-electron chi connectivity index (χ2n) is 7.56. The third-order valence-electron chi connectivity index (χ3n) is 4.46. The van der Waals surface area contributed by atoms with Gasteiger partial charge < -0.3 is 9.84 Å². The van der Waals surface area contributed by atoms with Crippen molar-refractivity contribution in [2.24, 2.45) is 0 Å². The standard InChI is InChI=1S/C21H23NO4S/c1-21(2,3)15-8-4-14(5-9-15)20(25)26-16-10-6-13(7-11-16)18-22-17(12-27-18)19(23)24/h4-11,17-18,22H,12H2,1-3H3,(H,23,24). The van der Waals surface area contributed by atoms with E-state index in [1.807, 2.05) is 24.3 Å². The van der Waals surface area contributed by atoms with Crippen molar-refractivity contribution in [1.82, 2.24) is 5.32 Å². The predicted molar refractivity (Wildman–Crippen MR) is 106 cm³/mol. The average molecular weight is 385 g/mol. The van der Waals surface area contributed by atoms with Crippen molar-refractivity contribution >= 4 is 23.7 Å². The summed E-state index contributed by atoms with van der Waals surface area (Å²) in [4.78, 5) is 23.4. The van der Waals surface area contributed by atoms with Crippen molar-refractivity contribution in [2.45, 2.75) is 37.6 Å². The van der Waals surface area contributed by atoms with E-state index < -0.39 is 18.0 Å². The van der Waals surface area contributed by atoms with E-state index in [0.29, 0.717) is 17.1 Å². The molecule has 27 heavy (non-hydrogen) atoms. The summed E-state index contributed by atoms with van der Waals surface area (Å²) in [7, 11) is 0. The van der Waals surface area contributed by atoms with Gasteiger partial charge in [0.1, 0.15) is 11.8 Å². The largest absolute Gasteiger partial charge is 0.480 e. The highest BCUT2D eigenvalue weighted by Crippen LogP contribution is 2.33. The van der Waals surface area contributed by atoms with Crippen molar-refractivity contribution in [3.8, 4) is 5.75 Å². The molecule has 0 amide bonds. The van der Waals surface area contributed by atoms with Gasteiger partial charge in [-0.25, -0.2) is 4.79 Å². The van der Waals surface area contributed by atoms with Crippen LogP contribution in [0.25, 0.3) is 0 Å². The molecule has 0 spiro atoms. The molecule has 142 valence electrons. The molecular weight excluding hydrogens is 362 g/mol. The van der Waals surface area contributed by atoms with Gasteiger partial charge in [0.15, 0.2) is 0 Å². The van der Waals surface area contributed by atoms with Crippen LogP contribution < -0.4 is 10.1 Å². The second kappa shape index (κ2) is 7.74. The van der Waals surface area contributed by atoms with E-state index in [2.05, 4.69) is 26.1 Å². The molecule has 1 fully saturated rings. The normalized spacial score (nSPS) is 19.7. The Bertz CT molecular complexity index is 825. The molecule has 2 unspecified atom stereocenters. The van der Waals surface area contributed by atoms with E-state index in [1.165, 1.54) is 0 Å². The van der Waals surface area contributed by atoms with Gasteiger partial charge in [-0.15, -0.1) is 11.8 Å². The highest BCUT2D eigenvalue weighted by molar-refractivity contribution is 7.99. The Labute approximate surface area is 163 Å². The number of hydrogen-bond donors (Lipinski definition) is 2. The van der Waals surface area contributed by atoms with Crippen LogP contribution in [0.15, 0.2) is 48.5 Å². The number of hydrogen-bond acceptors (Lipinski definition) is 5. The second-order valence-corrected chi connectivity index (χ2v) is 8.69. The van der Waals surface area contributed by atoms with Crippen molar-refractivity contribution in [3.05, 3.63) is 65.2 Å². The van der Waals surface area contributed by atoms with E-state index in [9.17, 15) is 9.59 Å². The Morgan fingerprint density at radius 1 is 1.07 bits per heavy atom. The lowest BCUT2D eigenvalue weighted by atomic mass is 9.87. The number of thioether (sulfide) groups is 1. The average Bonchev–Trinajstić information content (AvgIpc) is 3.12. The van der Waals surface area contributed by atoms with E-state index >= 15 is 0 Å². The first kappa shape index (κ1) is 19.5. The fraction of sp³-hybridized carbons (Fsp3) is 0.333. The molecule has 2 aromatic carbocycles. The summed E-state index contributed by atoms with van der Waals surface area (Å²) in [5.41, 5.74) is 2.65. The Hall–Kier alpha value is -2.31. The van der Waals surface area contributed by atoms with E-state index in [4.69, 9.17) is 9.84 Å². The summed E-state index contributed by atoms with van der Waals surface area (Å²) >= 11 is 1.55. The minimum absolute atomic E-state index is 0.0319. The Balaban J connectivity index is 1.63. The first-order valence-electron chi connectivity index (χ1n) is 8.77. The summed E-state index contributed by atoms with van der Waals surface area (Å²) < 4.78 is 5.44. The predicted octanol–water partition coefficient (Wildman–Crippen LogP) is 3.99. The number of carboxylic acids is 1. The van der Waals surface area contributed by atoms with Gasteiger partial charge >= 0.3 is 11.9 Å². The number of carbonyl (C=O) groups is 2. The number of esters is 1. The van der Waals surface area contributed by atoms with Crippen LogP contribution in [-0.4, -0.2) is 28.8 Å². The van der Waals surface area contributed by atoms with Crippen LogP contribution in [-0.2, 0) is 10.2 Å². The molecular formula is C21H23NO4S. The van der Waals surface area contributed by atoms with Gasteiger partial charge in [-0.1, -0.05) is 45.0 Å². The maximum absolute atomic E-state index is 12.3. The van der Waals surface area contributed by atoms with Crippen molar-refractivity contribution in [2.75, 3.05) is 5.75 Å². The van der Waals surface area contributed by atoms with Crippen LogP contribution in [0.5, 0.6) is 5.75 Å². The van der Waals surface area contributed by atoms with Crippen LogP contribution in [0.3, 0.4) is 0 Å². The van der Waals surface area contributed by atoms with Gasteiger partial charge in [0.2, 0.25) is 0 Å². The summed E-state index contributed by atoms with van der Waals surface area (Å²) in [6.07, 6.45) is 0. The van der Waals surface area contributed by atoms with E-state index in [-0.39, 0.29) is 10.8 Å². The van der Waals surface area contributed by atoms with Gasteiger partial charge in [-0.3, -0.25) is 10.1 Å². The number of ether oxygens (including phenoxy) is 1. The summed E-state index contributed by atoms with van der Waals surface area (Å²) in [6, 6.07) is 14.1. The molecule has 1 aliphatic rings. The zero-order chi connectivity index (χ0) is 19.6. The number of carboxylic acid groups (broad SMARTS) is 1. The Morgan fingerprint density at radius 3 is 2.22 bits per heavy atom. The highest BCUT2D eigenvalue weighted by Gasteiger charge is 2.30. The molecule has 0 radical (unpaired) electrons. The first-order valence-corrected chi connectivity index (χ1v) is 9.82. The van der Waals surface area contributed by atoms with E-state index in [1.54, 1.807) is 36.0 Å². The molecule has 5 nitrogen and oxygen atoms in total. The van der Waals surface area contributed by atoms with Crippen LogP contribution in [0.1, 0.15) is 47.6 Å². The van der Waals surface area contributed by atoms with Crippen LogP contribution in [0.4, 0.5) is 0 Å². The van der Waals surface area contributed by atoms with E-state index in [0.717, 1.165) is 11.1 Å². The molecule has 2 N–H and O–H groups in total. The molecule has 1 aliphatic heterocycles. The summed E-state index contributed by atoms with van der Waals surface area (Å²) in [5.74, 6) is -0.252. The topological polar surface area (TPSA) is 75.6 Å². The molecule has 2 atom stereocenters. The Kier molecular flexibility index (Phi) is 5.58. The van der Waals surface area contributed by atoms with Crippen LogP contribution >= 0.6 is 11.8 Å². The maximum atomic E-state index is 12.3. The lowest BCUT2D eigenvalue weighted by Gasteiger charge is -2.18. The number of aliphatic carboxylic acids is 1. The molecule has 1 heterocycles. The van der Waals surface area contributed by atoms with Gasteiger partial charge in [0.25, 0.3) is 0 Å². The molecule has 1 saturated heterocycles. The first-order chi connectivity index (χ1) is 12.7. The minimum atomic E-state index is -0.840. The SMILES string of the molecule is CC(C)(C)c1ccc(C(=O)Oc2ccc(C3NC(C(=O)O)CS3)cc2)cc1. The molecule has 3 rings (SSSR count). The Morgan fingerprint density at radius 2 is 1.70 bits per heavy atom. The molecule has 0 aromatic heterocycles. The maximum Gasteiger partial charge on any atom is 0.343 e. The minimum Gasteiger partial charge on any atom is -0.480 e. The third-order valence-corrected chi connectivity index (χ3v) is 5.73. The summed E-state index contributed by atoms with van der Waals surface area (Å²) in [5, 5.41) is 12.1. The third kappa shape index (κ3) is 4.70. The number of benzene rings is 2.